The average Bonchev–Trinajstić information content (AvgIpc) is 3.06. The lowest BCUT2D eigenvalue weighted by molar-refractivity contribution is -0.124. The van der Waals surface area contributed by atoms with E-state index < -0.39 is 0 Å². The second-order valence-corrected chi connectivity index (χ2v) is 6.10. The molecule has 0 spiro atoms. The van der Waals surface area contributed by atoms with Crippen LogP contribution in [0.15, 0.2) is 29.4 Å². The number of carbonyl (C=O) groups is 1. The predicted molar refractivity (Wildman–Crippen MR) is 85.1 cm³/mol. The summed E-state index contributed by atoms with van der Waals surface area (Å²) in [5.74, 6) is 0.641. The topological polar surface area (TPSA) is 84.9 Å². The number of guanidine groups is 1. The fourth-order valence-electron chi connectivity index (χ4n) is 3.21. The number of carbonyl (C=O) groups excluding carboxylic acids is 1. The van der Waals surface area contributed by atoms with Crippen molar-refractivity contribution >= 4 is 11.9 Å². The Hall–Kier alpha value is -2.03. The molecule has 8 heteroatoms. The fraction of sp³-hybridized carbons (Fsp3) is 0.533. The number of hydrazine groups is 1. The fourth-order valence-corrected chi connectivity index (χ4v) is 3.21. The van der Waals surface area contributed by atoms with Crippen LogP contribution in [0.3, 0.4) is 0 Å². The third-order valence-corrected chi connectivity index (χ3v) is 4.57. The van der Waals surface area contributed by atoms with Crippen LogP contribution in [0.5, 0.6) is 0 Å². The number of hydrogen-bond donors (Lipinski definition) is 3. The average molecular weight is 315 g/mol. The second kappa shape index (κ2) is 6.23. The molecule has 1 aromatic heterocycles. The van der Waals surface area contributed by atoms with Crippen molar-refractivity contribution in [3.8, 4) is 0 Å². The third-order valence-electron chi connectivity index (χ3n) is 4.57. The van der Waals surface area contributed by atoms with Gasteiger partial charge in [0.05, 0.1) is 11.6 Å². The van der Waals surface area contributed by atoms with E-state index >= 15 is 0 Å². The molecule has 0 saturated carbocycles. The van der Waals surface area contributed by atoms with Gasteiger partial charge in [-0.2, -0.15) is 0 Å². The first-order chi connectivity index (χ1) is 11.3. The van der Waals surface area contributed by atoms with E-state index in [0.29, 0.717) is 12.5 Å². The Labute approximate surface area is 134 Å². The quantitative estimate of drug-likeness (QED) is 0.631. The lowest BCUT2D eigenvalue weighted by Crippen LogP contribution is -2.57. The van der Waals surface area contributed by atoms with Crippen LogP contribution in [-0.4, -0.2) is 65.5 Å². The maximum Gasteiger partial charge on any atom is 0.234 e. The minimum atomic E-state index is -0.148. The van der Waals surface area contributed by atoms with Crippen LogP contribution in [-0.2, 0) is 11.3 Å². The molecule has 3 aliphatic heterocycles. The maximum atomic E-state index is 12.1. The van der Waals surface area contributed by atoms with Gasteiger partial charge in [0.15, 0.2) is 0 Å². The number of piperazine rings is 1. The predicted octanol–water partition coefficient (Wildman–Crippen LogP) is -1.26. The van der Waals surface area contributed by atoms with E-state index in [4.69, 9.17) is 0 Å². The summed E-state index contributed by atoms with van der Waals surface area (Å²) in [5, 5.41) is 2.95. The Balaban J connectivity index is 1.35. The Morgan fingerprint density at radius 3 is 2.87 bits per heavy atom. The molecular weight excluding hydrogens is 294 g/mol. The van der Waals surface area contributed by atoms with Gasteiger partial charge in [-0.25, -0.2) is 10.4 Å². The smallest absolute Gasteiger partial charge is 0.234 e. The minimum absolute atomic E-state index is 0.0495. The summed E-state index contributed by atoms with van der Waals surface area (Å²) in [6, 6.07) is 6.01. The molecule has 1 aromatic rings. The van der Waals surface area contributed by atoms with Gasteiger partial charge < -0.3 is 4.90 Å². The van der Waals surface area contributed by atoms with Crippen molar-refractivity contribution in [2.45, 2.75) is 12.7 Å². The van der Waals surface area contributed by atoms with Crippen LogP contribution < -0.4 is 16.2 Å². The van der Waals surface area contributed by atoms with Crippen LogP contribution in [0.1, 0.15) is 5.69 Å². The van der Waals surface area contributed by atoms with E-state index in [0.717, 1.165) is 38.4 Å². The molecule has 2 fully saturated rings. The van der Waals surface area contributed by atoms with Gasteiger partial charge in [-0.15, -0.1) is 0 Å². The van der Waals surface area contributed by atoms with Crippen molar-refractivity contribution < 1.29 is 4.79 Å². The molecule has 4 heterocycles. The number of pyridine rings is 1. The van der Waals surface area contributed by atoms with E-state index in [1.165, 1.54) is 0 Å². The Morgan fingerprint density at radius 1 is 1.22 bits per heavy atom. The van der Waals surface area contributed by atoms with Crippen LogP contribution >= 0.6 is 0 Å². The number of hydrogen-bond acceptors (Lipinski definition) is 7. The van der Waals surface area contributed by atoms with Crippen molar-refractivity contribution in [1.82, 2.24) is 31.0 Å². The molecule has 122 valence electrons. The molecular formula is C15H21N7O. The monoisotopic (exact) mass is 315 g/mol. The molecule has 2 atom stereocenters. The summed E-state index contributed by atoms with van der Waals surface area (Å²) in [6.45, 7) is 5.08. The molecule has 0 aliphatic carbocycles. The largest absolute Gasteiger partial charge is 0.340 e. The van der Waals surface area contributed by atoms with Gasteiger partial charge >= 0.3 is 0 Å². The van der Waals surface area contributed by atoms with Gasteiger partial charge in [0.25, 0.3) is 0 Å². The normalized spacial score (nSPS) is 28.3. The molecule has 2 unspecified atom stereocenters. The number of aromatic nitrogens is 1. The van der Waals surface area contributed by atoms with E-state index in [1.54, 1.807) is 0 Å². The first kappa shape index (κ1) is 14.6. The van der Waals surface area contributed by atoms with Crippen molar-refractivity contribution in [2.75, 3.05) is 32.7 Å². The Bertz CT molecular complexity index is 597. The van der Waals surface area contributed by atoms with Crippen LogP contribution in [0.4, 0.5) is 0 Å². The van der Waals surface area contributed by atoms with Crippen molar-refractivity contribution in [3.63, 3.8) is 0 Å². The van der Waals surface area contributed by atoms with Crippen LogP contribution in [0.25, 0.3) is 0 Å². The molecule has 23 heavy (non-hydrogen) atoms. The summed E-state index contributed by atoms with van der Waals surface area (Å²) < 4.78 is 0. The van der Waals surface area contributed by atoms with E-state index in [2.05, 4.69) is 42.0 Å². The Kier molecular flexibility index (Phi) is 3.94. The standard InChI is InChI=1S/C15H21N7O/c23-14-12-9-17-20-13(12)18-15(19-14)22-7-5-21(6-8-22)10-11-3-1-2-4-16-11/h1-4,12-13,17,20H,5-10H2,(H,18,19,23). The van der Waals surface area contributed by atoms with Crippen LogP contribution in [0, 0.1) is 5.92 Å². The molecule has 2 saturated heterocycles. The van der Waals surface area contributed by atoms with Gasteiger partial charge in [0.1, 0.15) is 6.17 Å². The van der Waals surface area contributed by atoms with Gasteiger partial charge in [-0.1, -0.05) is 6.07 Å². The number of aliphatic imine (C=N–C) groups is 1. The minimum Gasteiger partial charge on any atom is -0.340 e. The molecule has 3 N–H and O–H groups in total. The molecule has 0 aromatic carbocycles. The van der Waals surface area contributed by atoms with Gasteiger partial charge in [0, 0.05) is 45.5 Å². The van der Waals surface area contributed by atoms with Crippen molar-refractivity contribution in [2.24, 2.45) is 10.9 Å². The molecule has 8 nitrogen and oxygen atoms in total. The van der Waals surface area contributed by atoms with Gasteiger partial charge in [0.2, 0.25) is 11.9 Å². The SMILES string of the molecule is O=C1NC(N2CCN(Cc3ccccn3)CC2)=NC2NNCC12. The Morgan fingerprint density at radius 2 is 2.09 bits per heavy atom. The second-order valence-electron chi connectivity index (χ2n) is 6.10. The highest BCUT2D eigenvalue weighted by Gasteiger charge is 2.38. The molecule has 3 aliphatic rings. The number of fused-ring (bicyclic) bond motifs is 1. The van der Waals surface area contributed by atoms with Gasteiger partial charge in [-0.3, -0.25) is 25.4 Å². The van der Waals surface area contributed by atoms with E-state index in [9.17, 15) is 4.79 Å². The summed E-state index contributed by atoms with van der Waals surface area (Å²) in [5.41, 5.74) is 7.15. The summed E-state index contributed by atoms with van der Waals surface area (Å²) >= 11 is 0. The van der Waals surface area contributed by atoms with Crippen molar-refractivity contribution in [3.05, 3.63) is 30.1 Å². The first-order valence-corrected chi connectivity index (χ1v) is 8.04. The zero-order valence-electron chi connectivity index (χ0n) is 12.9. The van der Waals surface area contributed by atoms with Gasteiger partial charge in [-0.05, 0) is 12.1 Å². The zero-order valence-corrected chi connectivity index (χ0v) is 12.9. The van der Waals surface area contributed by atoms with E-state index in [-0.39, 0.29) is 18.0 Å². The molecule has 1 amide bonds. The molecule has 0 radical (unpaired) electrons. The van der Waals surface area contributed by atoms with Crippen molar-refractivity contribution in [1.29, 1.82) is 0 Å². The summed E-state index contributed by atoms with van der Waals surface area (Å²) in [6.07, 6.45) is 1.68. The highest BCUT2D eigenvalue weighted by atomic mass is 16.2. The number of nitrogens with zero attached hydrogens (tertiary/aromatic N) is 4. The first-order valence-electron chi connectivity index (χ1n) is 8.04. The maximum absolute atomic E-state index is 12.1. The third kappa shape index (κ3) is 3.05. The highest BCUT2D eigenvalue weighted by molar-refractivity contribution is 6.00. The number of rotatable bonds is 2. The lowest BCUT2D eigenvalue weighted by atomic mass is 10.1. The highest BCUT2D eigenvalue weighted by Crippen LogP contribution is 2.15. The van der Waals surface area contributed by atoms with Crippen LogP contribution in [0.2, 0.25) is 0 Å². The van der Waals surface area contributed by atoms with E-state index in [1.807, 2.05) is 18.3 Å². The number of nitrogens with one attached hydrogen (secondary N) is 3. The lowest BCUT2D eigenvalue weighted by Gasteiger charge is -2.38. The molecule has 0 bridgehead atoms. The number of amides is 1. The molecule has 4 rings (SSSR count). The summed E-state index contributed by atoms with van der Waals surface area (Å²) in [7, 11) is 0. The zero-order chi connectivity index (χ0) is 15.6. The summed E-state index contributed by atoms with van der Waals surface area (Å²) in [4.78, 5) is 25.7.